The summed E-state index contributed by atoms with van der Waals surface area (Å²) >= 11 is 0. The van der Waals surface area contributed by atoms with Gasteiger partial charge in [0.15, 0.2) is 0 Å². The van der Waals surface area contributed by atoms with Crippen molar-refractivity contribution < 1.29 is 19.4 Å². The fraction of sp³-hybridized carbons (Fsp3) is 0.867. The highest BCUT2D eigenvalue weighted by atomic mass is 16.5. The van der Waals surface area contributed by atoms with Gasteiger partial charge in [-0.15, -0.1) is 0 Å². The molecule has 2 rings (SSSR count). The Kier molecular flexibility index (Phi) is 5.08. The zero-order chi connectivity index (χ0) is 15.5. The molecule has 2 atom stereocenters. The molecule has 1 saturated carbocycles. The number of carbonyl (C=O) groups excluding carboxylic acids is 1. The monoisotopic (exact) mass is 298 g/mol. The average molecular weight is 298 g/mol. The van der Waals surface area contributed by atoms with Gasteiger partial charge in [-0.3, -0.25) is 4.79 Å². The van der Waals surface area contributed by atoms with Gasteiger partial charge in [0.1, 0.15) is 0 Å². The second kappa shape index (κ2) is 6.64. The molecule has 2 aliphatic rings. The summed E-state index contributed by atoms with van der Waals surface area (Å²) in [4.78, 5) is 25.2. The Balaban J connectivity index is 1.84. The molecule has 21 heavy (non-hydrogen) atoms. The molecule has 1 heterocycles. The summed E-state index contributed by atoms with van der Waals surface area (Å²) in [6, 6.07) is -0.110. The first-order valence-corrected chi connectivity index (χ1v) is 7.78. The van der Waals surface area contributed by atoms with Crippen LogP contribution in [0.25, 0.3) is 0 Å². The van der Waals surface area contributed by atoms with E-state index in [4.69, 9.17) is 4.74 Å². The largest absolute Gasteiger partial charge is 0.481 e. The van der Waals surface area contributed by atoms with Gasteiger partial charge < -0.3 is 20.1 Å². The highest BCUT2D eigenvalue weighted by molar-refractivity contribution is 5.74. The molecule has 2 amide bonds. The van der Waals surface area contributed by atoms with Crippen LogP contribution in [0, 0.1) is 11.8 Å². The normalized spacial score (nSPS) is 29.0. The minimum atomic E-state index is -0.735. The predicted octanol–water partition coefficient (Wildman–Crippen LogP) is 1.70. The molecule has 0 aromatic heterocycles. The first-order chi connectivity index (χ1) is 9.89. The van der Waals surface area contributed by atoms with Gasteiger partial charge in [-0.05, 0) is 32.6 Å². The van der Waals surface area contributed by atoms with Crippen molar-refractivity contribution in [3.63, 3.8) is 0 Å². The van der Waals surface area contributed by atoms with Crippen molar-refractivity contribution in [2.45, 2.75) is 45.1 Å². The number of nitrogens with zero attached hydrogens (tertiary/aromatic N) is 1. The van der Waals surface area contributed by atoms with Gasteiger partial charge in [0, 0.05) is 13.1 Å². The summed E-state index contributed by atoms with van der Waals surface area (Å²) in [5, 5.41) is 12.2. The smallest absolute Gasteiger partial charge is 0.317 e. The molecule has 6 nitrogen and oxygen atoms in total. The fourth-order valence-electron chi connectivity index (χ4n) is 3.30. The van der Waals surface area contributed by atoms with Crippen molar-refractivity contribution in [1.29, 1.82) is 0 Å². The molecule has 2 fully saturated rings. The number of carboxylic acids is 1. The Morgan fingerprint density at radius 3 is 2.71 bits per heavy atom. The summed E-state index contributed by atoms with van der Waals surface area (Å²) in [6.07, 6.45) is 3.63. The Bertz CT molecular complexity index is 397. The predicted molar refractivity (Wildman–Crippen MR) is 78.1 cm³/mol. The number of morpholine rings is 1. The molecule has 6 heteroatoms. The van der Waals surface area contributed by atoms with Gasteiger partial charge in [0.05, 0.1) is 24.7 Å². The van der Waals surface area contributed by atoms with Crippen LogP contribution >= 0.6 is 0 Å². The molecule has 0 aromatic carbocycles. The Morgan fingerprint density at radius 1 is 1.33 bits per heavy atom. The molecule has 0 aromatic rings. The second-order valence-electron chi connectivity index (χ2n) is 6.71. The zero-order valence-electron chi connectivity index (χ0n) is 12.9. The maximum absolute atomic E-state index is 12.2. The molecule has 0 bridgehead atoms. The molecular weight excluding hydrogens is 272 g/mol. The fourth-order valence-corrected chi connectivity index (χ4v) is 3.30. The SMILES string of the molecule is CC1(C)CN(C(=O)NCC2CCCCC2C(=O)O)CCO1. The number of ether oxygens (including phenoxy) is 1. The highest BCUT2D eigenvalue weighted by Gasteiger charge is 2.33. The van der Waals surface area contributed by atoms with E-state index in [9.17, 15) is 14.7 Å². The van der Waals surface area contributed by atoms with Crippen molar-refractivity contribution >= 4 is 12.0 Å². The lowest BCUT2D eigenvalue weighted by atomic mass is 9.79. The maximum atomic E-state index is 12.2. The van der Waals surface area contributed by atoms with Crippen LogP contribution in [0.2, 0.25) is 0 Å². The minimum Gasteiger partial charge on any atom is -0.481 e. The van der Waals surface area contributed by atoms with Crippen LogP contribution in [0.15, 0.2) is 0 Å². The Labute approximate surface area is 125 Å². The molecule has 0 radical (unpaired) electrons. The van der Waals surface area contributed by atoms with E-state index in [-0.39, 0.29) is 23.5 Å². The molecule has 0 spiro atoms. The first-order valence-electron chi connectivity index (χ1n) is 7.78. The standard InChI is InChI=1S/C15H26N2O4/c1-15(2)10-17(7-8-21-15)14(20)16-9-11-5-3-4-6-12(11)13(18)19/h11-12H,3-10H2,1-2H3,(H,16,20)(H,18,19). The number of carboxylic acid groups (broad SMARTS) is 1. The third-order valence-electron chi connectivity index (χ3n) is 4.45. The second-order valence-corrected chi connectivity index (χ2v) is 6.71. The molecule has 2 N–H and O–H groups in total. The summed E-state index contributed by atoms with van der Waals surface area (Å²) in [6.45, 7) is 6.07. The highest BCUT2D eigenvalue weighted by Crippen LogP contribution is 2.29. The lowest BCUT2D eigenvalue weighted by molar-refractivity contribution is -0.144. The number of nitrogens with one attached hydrogen (secondary N) is 1. The van der Waals surface area contributed by atoms with E-state index >= 15 is 0 Å². The van der Waals surface area contributed by atoms with Crippen molar-refractivity contribution in [1.82, 2.24) is 10.2 Å². The van der Waals surface area contributed by atoms with Crippen LogP contribution in [0.4, 0.5) is 4.79 Å². The van der Waals surface area contributed by atoms with E-state index in [0.29, 0.717) is 26.2 Å². The van der Waals surface area contributed by atoms with Crippen molar-refractivity contribution in [3.8, 4) is 0 Å². The number of rotatable bonds is 3. The lowest BCUT2D eigenvalue weighted by Crippen LogP contribution is -2.54. The van der Waals surface area contributed by atoms with Crippen molar-refractivity contribution in [2.24, 2.45) is 11.8 Å². The number of hydrogen-bond donors (Lipinski definition) is 2. The molecule has 1 aliphatic carbocycles. The topological polar surface area (TPSA) is 78.9 Å². The first kappa shape index (κ1) is 16.1. The van der Waals surface area contributed by atoms with E-state index in [2.05, 4.69) is 5.32 Å². The number of urea groups is 1. The molecule has 2 unspecified atom stereocenters. The number of amides is 2. The number of carbonyl (C=O) groups is 2. The Hall–Kier alpha value is -1.30. The van der Waals surface area contributed by atoms with Crippen LogP contribution in [0.5, 0.6) is 0 Å². The van der Waals surface area contributed by atoms with E-state index in [1.165, 1.54) is 0 Å². The average Bonchev–Trinajstić information content (AvgIpc) is 2.43. The summed E-state index contributed by atoms with van der Waals surface area (Å²) in [5.74, 6) is -1.00. The number of hydrogen-bond acceptors (Lipinski definition) is 3. The minimum absolute atomic E-state index is 0.0502. The van der Waals surface area contributed by atoms with Gasteiger partial charge in [-0.1, -0.05) is 12.8 Å². The lowest BCUT2D eigenvalue weighted by Gasteiger charge is -2.38. The van der Waals surface area contributed by atoms with Crippen LogP contribution in [0.3, 0.4) is 0 Å². The van der Waals surface area contributed by atoms with E-state index < -0.39 is 5.97 Å². The Morgan fingerprint density at radius 2 is 2.05 bits per heavy atom. The van der Waals surface area contributed by atoms with Crippen LogP contribution in [-0.4, -0.2) is 53.8 Å². The van der Waals surface area contributed by atoms with Gasteiger partial charge in [0.2, 0.25) is 0 Å². The van der Waals surface area contributed by atoms with Crippen LogP contribution in [0.1, 0.15) is 39.5 Å². The van der Waals surface area contributed by atoms with E-state index in [0.717, 1.165) is 25.7 Å². The summed E-state index contributed by atoms with van der Waals surface area (Å²) in [7, 11) is 0. The van der Waals surface area contributed by atoms with Crippen molar-refractivity contribution in [2.75, 3.05) is 26.2 Å². The van der Waals surface area contributed by atoms with Crippen molar-refractivity contribution in [3.05, 3.63) is 0 Å². The zero-order valence-corrected chi connectivity index (χ0v) is 12.9. The third kappa shape index (κ3) is 4.33. The van der Waals surface area contributed by atoms with Gasteiger partial charge >= 0.3 is 12.0 Å². The summed E-state index contributed by atoms with van der Waals surface area (Å²) < 4.78 is 5.59. The third-order valence-corrected chi connectivity index (χ3v) is 4.45. The van der Waals surface area contributed by atoms with Gasteiger partial charge in [-0.25, -0.2) is 4.79 Å². The maximum Gasteiger partial charge on any atom is 0.317 e. The molecule has 1 aliphatic heterocycles. The molecular formula is C15H26N2O4. The van der Waals surface area contributed by atoms with E-state index in [1.807, 2.05) is 13.8 Å². The van der Waals surface area contributed by atoms with Gasteiger partial charge in [0.25, 0.3) is 0 Å². The van der Waals surface area contributed by atoms with Crippen LogP contribution < -0.4 is 5.32 Å². The molecule has 120 valence electrons. The number of aliphatic carboxylic acids is 1. The van der Waals surface area contributed by atoms with E-state index in [1.54, 1.807) is 4.90 Å². The quantitative estimate of drug-likeness (QED) is 0.831. The summed E-state index contributed by atoms with van der Waals surface area (Å²) in [5.41, 5.74) is -0.315. The van der Waals surface area contributed by atoms with Gasteiger partial charge in [-0.2, -0.15) is 0 Å². The van der Waals surface area contributed by atoms with Crippen LogP contribution in [-0.2, 0) is 9.53 Å². The molecule has 1 saturated heterocycles.